The Morgan fingerprint density at radius 3 is 2.62 bits per heavy atom. The van der Waals surface area contributed by atoms with Crippen LogP contribution in [0, 0.1) is 5.82 Å². The van der Waals surface area contributed by atoms with Gasteiger partial charge in [-0.15, -0.1) is 6.58 Å². The van der Waals surface area contributed by atoms with Gasteiger partial charge in [-0.05, 0) is 30.3 Å². The molecule has 0 unspecified atom stereocenters. The van der Waals surface area contributed by atoms with E-state index in [1.54, 1.807) is 24.3 Å². The number of carbonyl (C=O) groups is 2. The van der Waals surface area contributed by atoms with Crippen LogP contribution in [0.15, 0.2) is 42.5 Å². The molecule has 0 fully saturated rings. The lowest BCUT2D eigenvalue weighted by Crippen LogP contribution is -2.09. The van der Waals surface area contributed by atoms with E-state index in [9.17, 15) is 14.0 Å². The highest BCUT2D eigenvalue weighted by Gasteiger charge is 2.20. The first-order chi connectivity index (χ1) is 13.9. The Labute approximate surface area is 174 Å². The maximum Gasteiger partial charge on any atom is 0.356 e. The second kappa shape index (κ2) is 8.57. The highest BCUT2D eigenvalue weighted by atomic mass is 79.9. The van der Waals surface area contributed by atoms with Gasteiger partial charge in [0.25, 0.3) is 0 Å². The van der Waals surface area contributed by atoms with Crippen LogP contribution < -0.4 is 0 Å². The molecule has 0 atom stereocenters. The highest BCUT2D eigenvalue weighted by Crippen LogP contribution is 2.33. The van der Waals surface area contributed by atoms with Crippen LogP contribution in [0.2, 0.25) is 0 Å². The van der Waals surface area contributed by atoms with E-state index in [4.69, 9.17) is 9.47 Å². The van der Waals surface area contributed by atoms with Crippen molar-refractivity contribution in [3.63, 3.8) is 0 Å². The number of halogens is 2. The molecule has 2 aromatic heterocycles. The van der Waals surface area contributed by atoms with Crippen LogP contribution >= 0.6 is 15.9 Å². The Hall–Kier alpha value is -3.00. The van der Waals surface area contributed by atoms with Gasteiger partial charge in [0.2, 0.25) is 0 Å². The average molecular weight is 461 g/mol. The molecule has 0 N–H and O–H groups in total. The maximum atomic E-state index is 14.0. The van der Waals surface area contributed by atoms with Gasteiger partial charge in [0.15, 0.2) is 0 Å². The normalized spacial score (nSPS) is 11.7. The van der Waals surface area contributed by atoms with Gasteiger partial charge in [0.1, 0.15) is 11.5 Å². The van der Waals surface area contributed by atoms with E-state index in [-0.39, 0.29) is 11.0 Å². The van der Waals surface area contributed by atoms with Gasteiger partial charge in [-0.1, -0.05) is 22.0 Å². The van der Waals surface area contributed by atoms with E-state index in [1.807, 2.05) is 4.57 Å². The van der Waals surface area contributed by atoms with Crippen molar-refractivity contribution < 1.29 is 23.5 Å². The molecule has 3 rings (SSSR count). The van der Waals surface area contributed by atoms with Crippen LogP contribution in [-0.2, 0) is 20.8 Å². The second-order valence-electron chi connectivity index (χ2n) is 6.14. The number of rotatable bonds is 6. The molecule has 0 amide bonds. The topological polar surface area (TPSA) is 70.4 Å². The Morgan fingerprint density at radius 1 is 1.24 bits per heavy atom. The van der Waals surface area contributed by atoms with Crippen molar-refractivity contribution in [2.24, 2.45) is 0 Å². The third-order valence-corrected chi connectivity index (χ3v) is 5.04. The van der Waals surface area contributed by atoms with Crippen molar-refractivity contribution in [2.75, 3.05) is 19.5 Å². The minimum atomic E-state index is -0.638. The van der Waals surface area contributed by atoms with E-state index in [2.05, 4.69) is 27.5 Å². The zero-order chi connectivity index (χ0) is 21.1. The zero-order valence-corrected chi connectivity index (χ0v) is 17.5. The number of benzene rings is 1. The molecule has 0 saturated carbocycles. The fourth-order valence-electron chi connectivity index (χ4n) is 3.20. The molecule has 8 heteroatoms. The molecule has 150 valence electrons. The average Bonchev–Trinajstić information content (AvgIpc) is 3.04. The largest absolute Gasteiger partial charge is 0.466 e. The smallest absolute Gasteiger partial charge is 0.356 e. The molecular formula is C21H18BrFN2O4. The highest BCUT2D eigenvalue weighted by molar-refractivity contribution is 9.09. The zero-order valence-electron chi connectivity index (χ0n) is 15.9. The number of aromatic nitrogens is 2. The minimum Gasteiger partial charge on any atom is -0.466 e. The molecule has 0 spiro atoms. The van der Waals surface area contributed by atoms with Crippen LogP contribution in [0.1, 0.15) is 16.2 Å². The monoisotopic (exact) mass is 460 g/mol. The molecule has 0 aliphatic carbocycles. The number of alkyl halides is 1. The first-order valence-electron chi connectivity index (χ1n) is 8.61. The number of pyridine rings is 1. The molecule has 3 aromatic rings. The summed E-state index contributed by atoms with van der Waals surface area (Å²) in [4.78, 5) is 28.7. The first kappa shape index (κ1) is 20.7. The molecule has 0 saturated heterocycles. The van der Waals surface area contributed by atoms with E-state index in [0.29, 0.717) is 34.1 Å². The number of fused-ring (bicyclic) bond motifs is 3. The van der Waals surface area contributed by atoms with Gasteiger partial charge in [-0.25, -0.2) is 19.0 Å². The minimum absolute atomic E-state index is 0.0481. The summed E-state index contributed by atoms with van der Waals surface area (Å²) in [6.07, 6.45) is 3.25. The number of hydrogen-bond acceptors (Lipinski definition) is 5. The Kier molecular flexibility index (Phi) is 6.12. The number of hydrogen-bond donors (Lipinski definition) is 0. The summed E-state index contributed by atoms with van der Waals surface area (Å²) in [6, 6.07) is 5.98. The van der Waals surface area contributed by atoms with E-state index < -0.39 is 17.8 Å². The Balaban J connectivity index is 2.49. The SMILES string of the molecule is C=CCn1c2ccc(F)cc2c2cc(C(=O)OC)nc(/C=C(\CBr)C(=O)OC)c21. The van der Waals surface area contributed by atoms with Crippen LogP contribution in [0.25, 0.3) is 27.9 Å². The van der Waals surface area contributed by atoms with E-state index >= 15 is 0 Å². The lowest BCUT2D eigenvalue weighted by Gasteiger charge is -2.09. The molecular weight excluding hydrogens is 443 g/mol. The maximum absolute atomic E-state index is 14.0. The van der Waals surface area contributed by atoms with Gasteiger partial charge in [0.05, 0.1) is 25.4 Å². The lowest BCUT2D eigenvalue weighted by atomic mass is 10.1. The number of ether oxygens (including phenoxy) is 2. The van der Waals surface area contributed by atoms with E-state index in [1.165, 1.54) is 26.4 Å². The van der Waals surface area contributed by atoms with Gasteiger partial charge in [0, 0.05) is 33.7 Å². The van der Waals surface area contributed by atoms with Crippen LogP contribution in [0.3, 0.4) is 0 Å². The van der Waals surface area contributed by atoms with Crippen molar-refractivity contribution in [3.8, 4) is 0 Å². The molecule has 1 aromatic carbocycles. The predicted octanol–water partition coefficient (Wildman–Crippen LogP) is 4.25. The summed E-state index contributed by atoms with van der Waals surface area (Å²) >= 11 is 3.27. The number of nitrogens with zero attached hydrogens (tertiary/aromatic N) is 2. The molecule has 29 heavy (non-hydrogen) atoms. The van der Waals surface area contributed by atoms with Crippen molar-refractivity contribution in [2.45, 2.75) is 6.54 Å². The quantitative estimate of drug-likeness (QED) is 0.238. The molecule has 0 bridgehead atoms. The summed E-state index contributed by atoms with van der Waals surface area (Å²) in [5, 5.41) is 1.45. The summed E-state index contributed by atoms with van der Waals surface area (Å²) in [7, 11) is 2.53. The van der Waals surface area contributed by atoms with Gasteiger partial charge < -0.3 is 14.0 Å². The van der Waals surface area contributed by atoms with Gasteiger partial charge in [-0.2, -0.15) is 0 Å². The summed E-state index contributed by atoms with van der Waals surface area (Å²) in [5.41, 5.74) is 2.11. The van der Waals surface area contributed by atoms with Crippen molar-refractivity contribution in [3.05, 3.63) is 59.7 Å². The number of methoxy groups -OCH3 is 2. The Morgan fingerprint density at radius 2 is 2.00 bits per heavy atom. The lowest BCUT2D eigenvalue weighted by molar-refractivity contribution is -0.135. The third-order valence-electron chi connectivity index (χ3n) is 4.44. The fourth-order valence-corrected chi connectivity index (χ4v) is 3.59. The number of esters is 2. The fraction of sp³-hybridized carbons (Fsp3) is 0.190. The Bertz CT molecular complexity index is 1170. The van der Waals surface area contributed by atoms with Crippen LogP contribution in [0.5, 0.6) is 0 Å². The summed E-state index contributed by atoms with van der Waals surface area (Å²) in [6.45, 7) is 4.21. The van der Waals surface area contributed by atoms with E-state index in [0.717, 1.165) is 5.52 Å². The third kappa shape index (κ3) is 3.80. The molecule has 2 heterocycles. The second-order valence-corrected chi connectivity index (χ2v) is 6.70. The van der Waals surface area contributed by atoms with Crippen molar-refractivity contribution >= 4 is 55.8 Å². The molecule has 0 radical (unpaired) electrons. The standard InChI is InChI=1S/C21H18BrFN2O4/c1-4-7-25-18-6-5-13(23)9-14(18)15-10-17(21(27)29-3)24-16(19(15)25)8-12(11-22)20(26)28-2/h4-6,8-10H,1,7,11H2,2-3H3/b12-8+. The van der Waals surface area contributed by atoms with Gasteiger partial charge >= 0.3 is 11.9 Å². The van der Waals surface area contributed by atoms with Crippen LogP contribution in [-0.4, -0.2) is 41.0 Å². The number of allylic oxidation sites excluding steroid dienone is 1. The van der Waals surface area contributed by atoms with Crippen LogP contribution in [0.4, 0.5) is 4.39 Å². The summed E-state index contributed by atoms with van der Waals surface area (Å²) in [5.74, 6) is -1.57. The van der Waals surface area contributed by atoms with Gasteiger partial charge in [-0.3, -0.25) is 0 Å². The number of carbonyl (C=O) groups excluding carboxylic acids is 2. The first-order valence-corrected chi connectivity index (χ1v) is 9.73. The van der Waals surface area contributed by atoms with Crippen molar-refractivity contribution in [1.82, 2.24) is 9.55 Å². The molecule has 6 nitrogen and oxygen atoms in total. The van der Waals surface area contributed by atoms with Crippen molar-refractivity contribution in [1.29, 1.82) is 0 Å². The molecule has 0 aliphatic rings. The predicted molar refractivity (Wildman–Crippen MR) is 113 cm³/mol. The molecule has 0 aliphatic heterocycles. The summed E-state index contributed by atoms with van der Waals surface area (Å²) < 4.78 is 25.5.